The van der Waals surface area contributed by atoms with Crippen molar-refractivity contribution in [1.82, 2.24) is 24.9 Å². The molecule has 0 radical (unpaired) electrons. The molecule has 2 amide bonds. The molecule has 3 heterocycles. The Morgan fingerprint density at radius 2 is 1.81 bits per heavy atom. The molecule has 0 atom stereocenters. The summed E-state index contributed by atoms with van der Waals surface area (Å²) >= 11 is 0. The van der Waals surface area contributed by atoms with Gasteiger partial charge in [0, 0.05) is 51.9 Å². The minimum Gasteiger partial charge on any atom is -0.379 e. The van der Waals surface area contributed by atoms with Gasteiger partial charge in [-0.3, -0.25) is 14.5 Å². The molecule has 0 bridgehead atoms. The average Bonchev–Trinajstić information content (AvgIpc) is 3.22. The van der Waals surface area contributed by atoms with E-state index in [2.05, 4.69) is 15.3 Å². The molecule has 2 fully saturated rings. The molecule has 0 aliphatic carbocycles. The number of carbonyl (C=O) groups excluding carboxylic acids is 2. The summed E-state index contributed by atoms with van der Waals surface area (Å²) in [6.45, 7) is 8.22. The topological polar surface area (TPSA) is 79.7 Å². The first-order valence-corrected chi connectivity index (χ1v) is 11.6. The number of aromatic nitrogens is 2. The van der Waals surface area contributed by atoms with Gasteiger partial charge in [-0.25, -0.2) is 4.68 Å². The van der Waals surface area contributed by atoms with Crippen LogP contribution in [0.5, 0.6) is 0 Å². The van der Waals surface area contributed by atoms with Gasteiger partial charge in [-0.15, -0.1) is 0 Å². The van der Waals surface area contributed by atoms with Crippen LogP contribution in [0.25, 0.3) is 5.69 Å². The molecule has 1 aromatic heterocycles. The van der Waals surface area contributed by atoms with Crippen LogP contribution in [0.4, 0.5) is 0 Å². The molecule has 8 nitrogen and oxygen atoms in total. The SMILES string of the molecule is Cc1nn(-c2ccccc2)cc1C(=O)N1CCC(CC(=O)NCCN2CCOCC2)CC1. The van der Waals surface area contributed by atoms with Gasteiger partial charge >= 0.3 is 0 Å². The Morgan fingerprint density at radius 3 is 2.53 bits per heavy atom. The fourth-order valence-corrected chi connectivity index (χ4v) is 4.41. The van der Waals surface area contributed by atoms with Crippen LogP contribution in [0.1, 0.15) is 35.3 Å². The van der Waals surface area contributed by atoms with Crippen molar-refractivity contribution in [2.45, 2.75) is 26.2 Å². The van der Waals surface area contributed by atoms with E-state index in [9.17, 15) is 9.59 Å². The number of amides is 2. The third kappa shape index (κ3) is 5.75. The fraction of sp³-hybridized carbons (Fsp3) is 0.542. The molecule has 2 aromatic rings. The highest BCUT2D eigenvalue weighted by Gasteiger charge is 2.27. The molecule has 1 aromatic carbocycles. The van der Waals surface area contributed by atoms with Gasteiger partial charge in [0.05, 0.1) is 30.2 Å². The maximum Gasteiger partial charge on any atom is 0.257 e. The summed E-state index contributed by atoms with van der Waals surface area (Å²) in [5.74, 6) is 0.469. The lowest BCUT2D eigenvalue weighted by Crippen LogP contribution is -2.42. The number of rotatable bonds is 7. The van der Waals surface area contributed by atoms with Gasteiger partial charge in [-0.2, -0.15) is 5.10 Å². The van der Waals surface area contributed by atoms with Crippen molar-refractivity contribution in [2.75, 3.05) is 52.5 Å². The van der Waals surface area contributed by atoms with Gasteiger partial charge in [-0.05, 0) is 37.8 Å². The highest BCUT2D eigenvalue weighted by atomic mass is 16.5. The number of ether oxygens (including phenoxy) is 1. The first kappa shape index (κ1) is 22.5. The molecule has 172 valence electrons. The van der Waals surface area contributed by atoms with E-state index in [1.807, 2.05) is 48.4 Å². The number of piperidine rings is 1. The molecule has 2 aliphatic rings. The van der Waals surface area contributed by atoms with Crippen molar-refractivity contribution < 1.29 is 14.3 Å². The number of nitrogens with one attached hydrogen (secondary N) is 1. The van der Waals surface area contributed by atoms with Gasteiger partial charge in [0.1, 0.15) is 0 Å². The van der Waals surface area contributed by atoms with Crippen molar-refractivity contribution in [3.63, 3.8) is 0 Å². The highest BCUT2D eigenvalue weighted by Crippen LogP contribution is 2.23. The molecule has 0 spiro atoms. The van der Waals surface area contributed by atoms with E-state index >= 15 is 0 Å². The summed E-state index contributed by atoms with van der Waals surface area (Å²) < 4.78 is 7.11. The molecule has 8 heteroatoms. The quantitative estimate of drug-likeness (QED) is 0.713. The number of morpholine rings is 1. The molecule has 1 N–H and O–H groups in total. The number of hydrogen-bond acceptors (Lipinski definition) is 5. The largest absolute Gasteiger partial charge is 0.379 e. The summed E-state index contributed by atoms with van der Waals surface area (Å²) in [6, 6.07) is 9.81. The van der Waals surface area contributed by atoms with Crippen molar-refractivity contribution in [1.29, 1.82) is 0 Å². The minimum absolute atomic E-state index is 0.0260. The first-order valence-electron chi connectivity index (χ1n) is 11.6. The maximum absolute atomic E-state index is 13.1. The summed E-state index contributed by atoms with van der Waals surface area (Å²) in [4.78, 5) is 29.6. The second-order valence-corrected chi connectivity index (χ2v) is 8.65. The van der Waals surface area contributed by atoms with Gasteiger partial charge in [0.2, 0.25) is 5.91 Å². The molecular weight excluding hydrogens is 406 g/mol. The number of para-hydroxylation sites is 1. The Kier molecular flexibility index (Phi) is 7.55. The lowest BCUT2D eigenvalue weighted by atomic mass is 9.93. The Labute approximate surface area is 189 Å². The summed E-state index contributed by atoms with van der Waals surface area (Å²) in [7, 11) is 0. The number of benzene rings is 1. The number of hydrogen-bond donors (Lipinski definition) is 1. The molecule has 0 unspecified atom stereocenters. The van der Waals surface area contributed by atoms with Crippen LogP contribution in [0.2, 0.25) is 0 Å². The summed E-state index contributed by atoms with van der Waals surface area (Å²) in [6.07, 6.45) is 4.07. The van der Waals surface area contributed by atoms with Crippen LogP contribution < -0.4 is 5.32 Å². The van der Waals surface area contributed by atoms with Crippen molar-refractivity contribution in [3.05, 3.63) is 47.8 Å². The predicted octanol–water partition coefficient (Wildman–Crippen LogP) is 1.87. The zero-order chi connectivity index (χ0) is 22.3. The number of carbonyl (C=O) groups is 2. The summed E-state index contributed by atoms with van der Waals surface area (Å²) in [5.41, 5.74) is 2.32. The Balaban J connectivity index is 1.22. The maximum atomic E-state index is 13.1. The lowest BCUT2D eigenvalue weighted by molar-refractivity contribution is -0.122. The van der Waals surface area contributed by atoms with Crippen molar-refractivity contribution >= 4 is 11.8 Å². The Hall–Kier alpha value is -2.71. The normalized spacial score (nSPS) is 18.0. The van der Waals surface area contributed by atoms with Crippen molar-refractivity contribution in [2.24, 2.45) is 5.92 Å². The lowest BCUT2D eigenvalue weighted by Gasteiger charge is -2.31. The number of aryl methyl sites for hydroxylation is 1. The third-order valence-electron chi connectivity index (χ3n) is 6.38. The zero-order valence-electron chi connectivity index (χ0n) is 18.8. The highest BCUT2D eigenvalue weighted by molar-refractivity contribution is 5.95. The average molecular weight is 440 g/mol. The van der Waals surface area contributed by atoms with E-state index in [0.717, 1.165) is 57.1 Å². The Morgan fingerprint density at radius 1 is 1.09 bits per heavy atom. The monoisotopic (exact) mass is 439 g/mol. The van der Waals surface area contributed by atoms with Crippen LogP contribution in [0, 0.1) is 12.8 Å². The van der Waals surface area contributed by atoms with Crippen LogP contribution in [-0.2, 0) is 9.53 Å². The summed E-state index contributed by atoms with van der Waals surface area (Å²) in [5, 5.41) is 7.57. The number of nitrogens with zero attached hydrogens (tertiary/aromatic N) is 4. The predicted molar refractivity (Wildman–Crippen MR) is 122 cm³/mol. The first-order chi connectivity index (χ1) is 15.6. The van der Waals surface area contributed by atoms with E-state index in [1.165, 1.54) is 0 Å². The molecular formula is C24H33N5O3. The standard InChI is InChI=1S/C24H33N5O3/c1-19-22(18-29(26-19)21-5-3-2-4-6-21)24(31)28-10-7-20(8-11-28)17-23(30)25-9-12-27-13-15-32-16-14-27/h2-6,18,20H,7-17H2,1H3,(H,25,30). The van der Waals surface area contributed by atoms with Gasteiger partial charge in [-0.1, -0.05) is 18.2 Å². The Bertz CT molecular complexity index is 900. The van der Waals surface area contributed by atoms with Crippen LogP contribution in [0.3, 0.4) is 0 Å². The third-order valence-corrected chi connectivity index (χ3v) is 6.38. The van der Waals surface area contributed by atoms with Crippen LogP contribution >= 0.6 is 0 Å². The fourth-order valence-electron chi connectivity index (χ4n) is 4.41. The molecule has 4 rings (SSSR count). The van der Waals surface area contributed by atoms with Crippen molar-refractivity contribution in [3.8, 4) is 5.69 Å². The van der Waals surface area contributed by atoms with E-state index in [0.29, 0.717) is 37.5 Å². The van der Waals surface area contributed by atoms with Gasteiger partial charge in [0.25, 0.3) is 5.91 Å². The second-order valence-electron chi connectivity index (χ2n) is 8.65. The van der Waals surface area contributed by atoms with E-state index in [4.69, 9.17) is 4.74 Å². The molecule has 32 heavy (non-hydrogen) atoms. The van der Waals surface area contributed by atoms with E-state index in [1.54, 1.807) is 4.68 Å². The van der Waals surface area contributed by atoms with Crippen LogP contribution in [-0.4, -0.2) is 83.9 Å². The zero-order valence-corrected chi connectivity index (χ0v) is 18.8. The van der Waals surface area contributed by atoms with Gasteiger partial charge < -0.3 is 15.0 Å². The minimum atomic E-state index is 0.0260. The van der Waals surface area contributed by atoms with Gasteiger partial charge in [0.15, 0.2) is 0 Å². The number of likely N-dealkylation sites (tertiary alicyclic amines) is 1. The smallest absolute Gasteiger partial charge is 0.257 e. The van der Waals surface area contributed by atoms with E-state index < -0.39 is 0 Å². The van der Waals surface area contributed by atoms with E-state index in [-0.39, 0.29) is 11.8 Å². The molecule has 2 aliphatic heterocycles. The molecule has 2 saturated heterocycles. The van der Waals surface area contributed by atoms with Crippen LogP contribution in [0.15, 0.2) is 36.5 Å². The second kappa shape index (κ2) is 10.7. The molecule has 0 saturated carbocycles.